The molecule has 110 valence electrons. The number of hydrogen-bond acceptors (Lipinski definition) is 6. The molecule has 21 heavy (non-hydrogen) atoms. The maximum atomic E-state index is 11.9. The zero-order valence-electron chi connectivity index (χ0n) is 11.0. The summed E-state index contributed by atoms with van der Waals surface area (Å²) < 4.78 is 2.27. The minimum Gasteiger partial charge on any atom is -0.619 e. The summed E-state index contributed by atoms with van der Waals surface area (Å²) in [4.78, 5) is 34.5. The van der Waals surface area contributed by atoms with E-state index in [9.17, 15) is 24.9 Å². The Labute approximate surface area is 121 Å². The van der Waals surface area contributed by atoms with Crippen LogP contribution in [-0.4, -0.2) is 14.1 Å². The van der Waals surface area contributed by atoms with Crippen molar-refractivity contribution in [2.45, 2.75) is 9.92 Å². The molecule has 2 aromatic heterocycles. The van der Waals surface area contributed by atoms with E-state index in [2.05, 4.69) is 0 Å². The van der Waals surface area contributed by atoms with Crippen molar-refractivity contribution >= 4 is 17.4 Å². The highest BCUT2D eigenvalue weighted by molar-refractivity contribution is 7.99. The molecule has 0 unspecified atom stereocenters. The van der Waals surface area contributed by atoms with Crippen molar-refractivity contribution in [1.29, 1.82) is 0 Å². The average molecular weight is 310 g/mol. The third kappa shape index (κ3) is 2.65. The lowest BCUT2D eigenvalue weighted by molar-refractivity contribution is -0.605. The van der Waals surface area contributed by atoms with Gasteiger partial charge in [0.2, 0.25) is 0 Å². The normalized spacial score (nSPS) is 10.6. The molecular formula is C11H10N4O5S. The predicted molar refractivity (Wildman–Crippen MR) is 73.1 cm³/mol. The van der Waals surface area contributed by atoms with Gasteiger partial charge < -0.3 is 5.21 Å². The van der Waals surface area contributed by atoms with E-state index in [0.29, 0.717) is 14.2 Å². The molecule has 0 bridgehead atoms. The molecule has 2 heterocycles. The van der Waals surface area contributed by atoms with Gasteiger partial charge in [-0.1, -0.05) is 11.8 Å². The van der Waals surface area contributed by atoms with Crippen molar-refractivity contribution in [3.8, 4) is 0 Å². The fraction of sp³-hybridized carbons (Fsp3) is 0.182. The average Bonchev–Trinajstić information content (AvgIpc) is 2.44. The molecule has 0 aromatic carbocycles. The van der Waals surface area contributed by atoms with Gasteiger partial charge in [0.1, 0.15) is 0 Å². The van der Waals surface area contributed by atoms with Gasteiger partial charge in [-0.3, -0.25) is 24.0 Å². The van der Waals surface area contributed by atoms with E-state index in [4.69, 9.17) is 0 Å². The SMILES string of the molecule is Cn1c(Sc2cc[n+]([O-])cc2)c([N+](=O)[O-])c(=O)n(C)c1=O. The highest BCUT2D eigenvalue weighted by Crippen LogP contribution is 2.30. The molecule has 0 aliphatic heterocycles. The standard InChI is InChI=1S/C11H10N4O5S/c1-12-9(16)8(15(19)20)10(13(2)11(12)17)21-7-3-5-14(18)6-4-7/h3-6H,1-2H3. The first kappa shape index (κ1) is 14.8. The van der Waals surface area contributed by atoms with Gasteiger partial charge in [0.05, 0.1) is 4.92 Å². The number of rotatable bonds is 3. The van der Waals surface area contributed by atoms with Crippen molar-refractivity contribution in [2.24, 2.45) is 14.1 Å². The second-order valence-electron chi connectivity index (χ2n) is 4.11. The van der Waals surface area contributed by atoms with Crippen LogP contribution in [0.15, 0.2) is 44.0 Å². The third-order valence-electron chi connectivity index (χ3n) is 2.76. The smallest absolute Gasteiger partial charge is 0.364 e. The highest BCUT2D eigenvalue weighted by atomic mass is 32.2. The minimum absolute atomic E-state index is 0.0863. The molecule has 0 spiro atoms. The van der Waals surface area contributed by atoms with Gasteiger partial charge in [0, 0.05) is 31.1 Å². The van der Waals surface area contributed by atoms with Crippen LogP contribution >= 0.6 is 11.8 Å². The molecule has 2 aromatic rings. The summed E-state index contributed by atoms with van der Waals surface area (Å²) in [6.07, 6.45) is 2.43. The summed E-state index contributed by atoms with van der Waals surface area (Å²) in [6, 6.07) is 2.87. The van der Waals surface area contributed by atoms with Crippen LogP contribution in [0.5, 0.6) is 0 Å². The van der Waals surface area contributed by atoms with Crippen molar-refractivity contribution < 1.29 is 9.65 Å². The quantitative estimate of drug-likeness (QED) is 0.254. The Morgan fingerprint density at radius 1 is 1.19 bits per heavy atom. The second kappa shape index (κ2) is 5.40. The lowest BCUT2D eigenvalue weighted by Gasteiger charge is -2.09. The number of aromatic nitrogens is 3. The van der Waals surface area contributed by atoms with Crippen LogP contribution in [-0.2, 0) is 14.1 Å². The number of pyridine rings is 1. The Morgan fingerprint density at radius 3 is 2.29 bits per heavy atom. The van der Waals surface area contributed by atoms with E-state index in [-0.39, 0.29) is 5.03 Å². The molecule has 0 atom stereocenters. The lowest BCUT2D eigenvalue weighted by Crippen LogP contribution is -2.38. The number of hydrogen-bond donors (Lipinski definition) is 0. The maximum Gasteiger partial charge on any atom is 0.364 e. The summed E-state index contributed by atoms with van der Waals surface area (Å²) in [7, 11) is 2.52. The molecule has 0 fully saturated rings. The van der Waals surface area contributed by atoms with E-state index in [0.717, 1.165) is 16.3 Å². The molecule has 9 nitrogen and oxygen atoms in total. The van der Waals surface area contributed by atoms with E-state index >= 15 is 0 Å². The fourth-order valence-electron chi connectivity index (χ4n) is 1.66. The third-order valence-corrected chi connectivity index (χ3v) is 3.93. The molecule has 0 aliphatic rings. The van der Waals surface area contributed by atoms with Gasteiger partial charge >= 0.3 is 16.9 Å². The van der Waals surface area contributed by atoms with Gasteiger partial charge in [0.15, 0.2) is 17.4 Å². The second-order valence-corrected chi connectivity index (χ2v) is 5.17. The Bertz CT molecular complexity index is 824. The summed E-state index contributed by atoms with van der Waals surface area (Å²) in [5, 5.41) is 22.0. The lowest BCUT2D eigenvalue weighted by atomic mass is 10.5. The zero-order chi connectivity index (χ0) is 15.7. The van der Waals surface area contributed by atoms with Gasteiger partial charge in [-0.15, -0.1) is 0 Å². The molecule has 0 saturated heterocycles. The first-order valence-electron chi connectivity index (χ1n) is 5.64. The molecule has 0 amide bonds. The van der Waals surface area contributed by atoms with Crippen LogP contribution in [0, 0.1) is 15.3 Å². The predicted octanol–water partition coefficient (Wildman–Crippen LogP) is -0.223. The van der Waals surface area contributed by atoms with Crippen LogP contribution in [0.1, 0.15) is 0 Å². The molecule has 10 heteroatoms. The van der Waals surface area contributed by atoms with Crippen molar-refractivity contribution in [3.63, 3.8) is 0 Å². The van der Waals surface area contributed by atoms with Crippen molar-refractivity contribution in [1.82, 2.24) is 9.13 Å². The zero-order valence-corrected chi connectivity index (χ0v) is 11.9. The number of nitrogens with zero attached hydrogens (tertiary/aromatic N) is 4. The summed E-state index contributed by atoms with van der Waals surface area (Å²) in [5.41, 5.74) is -2.31. The summed E-state index contributed by atoms with van der Waals surface area (Å²) >= 11 is 0.871. The first-order chi connectivity index (χ1) is 9.82. The molecule has 0 saturated carbocycles. The first-order valence-corrected chi connectivity index (χ1v) is 6.45. The summed E-state index contributed by atoms with van der Waals surface area (Å²) in [5.74, 6) is 0. The van der Waals surface area contributed by atoms with E-state index in [1.165, 1.54) is 38.6 Å². The molecular weight excluding hydrogens is 300 g/mol. The number of nitro groups is 1. The van der Waals surface area contributed by atoms with Crippen LogP contribution in [0.2, 0.25) is 0 Å². The van der Waals surface area contributed by atoms with Gasteiger partial charge in [0.25, 0.3) is 0 Å². The molecule has 0 N–H and O–H groups in total. The highest BCUT2D eigenvalue weighted by Gasteiger charge is 2.26. The van der Waals surface area contributed by atoms with Crippen LogP contribution in [0.4, 0.5) is 5.69 Å². The molecule has 0 radical (unpaired) electrons. The van der Waals surface area contributed by atoms with Crippen molar-refractivity contribution in [3.05, 3.63) is 60.7 Å². The Balaban J connectivity index is 2.67. The monoisotopic (exact) mass is 310 g/mol. The van der Waals surface area contributed by atoms with Gasteiger partial charge in [-0.2, -0.15) is 4.73 Å². The van der Waals surface area contributed by atoms with Crippen LogP contribution in [0.3, 0.4) is 0 Å². The Hall–Kier alpha value is -2.62. The Kier molecular flexibility index (Phi) is 3.80. The van der Waals surface area contributed by atoms with Gasteiger partial charge in [-0.05, 0) is 0 Å². The van der Waals surface area contributed by atoms with E-state index < -0.39 is 21.9 Å². The van der Waals surface area contributed by atoms with Crippen LogP contribution < -0.4 is 16.0 Å². The maximum absolute atomic E-state index is 11.9. The summed E-state index contributed by atoms with van der Waals surface area (Å²) in [6.45, 7) is 0. The molecule has 0 aliphatic carbocycles. The minimum atomic E-state index is -0.972. The topological polar surface area (TPSA) is 114 Å². The van der Waals surface area contributed by atoms with Crippen molar-refractivity contribution in [2.75, 3.05) is 0 Å². The van der Waals surface area contributed by atoms with Crippen LogP contribution in [0.25, 0.3) is 0 Å². The van der Waals surface area contributed by atoms with E-state index in [1.807, 2.05) is 0 Å². The largest absolute Gasteiger partial charge is 0.619 e. The Morgan fingerprint density at radius 2 is 1.76 bits per heavy atom. The van der Waals surface area contributed by atoms with E-state index in [1.54, 1.807) is 0 Å². The van der Waals surface area contributed by atoms with Gasteiger partial charge in [-0.25, -0.2) is 4.79 Å². The fourth-order valence-corrected chi connectivity index (χ4v) is 2.61. The molecule has 2 rings (SSSR count).